The monoisotopic (exact) mass is 599 g/mol. The van der Waals surface area contributed by atoms with Gasteiger partial charge in [0, 0.05) is 53.2 Å². The predicted octanol–water partition coefficient (Wildman–Crippen LogP) is 6.40. The summed E-state index contributed by atoms with van der Waals surface area (Å²) in [5, 5.41) is 0.490. The zero-order valence-electron chi connectivity index (χ0n) is 21.8. The summed E-state index contributed by atoms with van der Waals surface area (Å²) in [6.45, 7) is 1.91. The van der Waals surface area contributed by atoms with Crippen LogP contribution in [0.15, 0.2) is 71.3 Å². The van der Waals surface area contributed by atoms with Crippen LogP contribution in [0.5, 0.6) is 0 Å². The number of hydrogen-bond donors (Lipinski definition) is 0. The molecule has 0 spiro atoms. The Morgan fingerprint density at radius 3 is 2.53 bits per heavy atom. The van der Waals surface area contributed by atoms with Crippen molar-refractivity contribution in [2.24, 2.45) is 0 Å². The average molecular weight is 601 g/mol. The van der Waals surface area contributed by atoms with Crippen molar-refractivity contribution in [1.29, 1.82) is 0 Å². The van der Waals surface area contributed by atoms with Gasteiger partial charge in [-0.2, -0.15) is 0 Å². The van der Waals surface area contributed by atoms with Gasteiger partial charge in [-0.3, -0.25) is 9.59 Å². The van der Waals surface area contributed by atoms with Gasteiger partial charge in [-0.15, -0.1) is 0 Å². The molecule has 0 N–H and O–H groups in total. The molecule has 202 valence electrons. The molecular formula is C30H35BrClN3O3. The molecule has 0 radical (unpaired) electrons. The molecule has 4 rings (SSSR count). The number of ether oxygens (including phenoxy) is 1. The van der Waals surface area contributed by atoms with Crippen LogP contribution >= 0.6 is 27.5 Å². The van der Waals surface area contributed by atoms with Gasteiger partial charge in [-0.25, -0.2) is 0 Å². The van der Waals surface area contributed by atoms with Crippen molar-refractivity contribution < 1.29 is 14.3 Å². The van der Waals surface area contributed by atoms with E-state index in [1.807, 2.05) is 23.1 Å². The first-order chi connectivity index (χ1) is 18.4. The van der Waals surface area contributed by atoms with E-state index >= 15 is 0 Å². The van der Waals surface area contributed by atoms with Gasteiger partial charge in [-0.1, -0.05) is 65.0 Å². The minimum atomic E-state index is -0.222. The molecule has 3 aromatic rings. The highest BCUT2D eigenvalue weighted by Crippen LogP contribution is 2.25. The second-order valence-electron chi connectivity index (χ2n) is 9.80. The van der Waals surface area contributed by atoms with E-state index in [1.54, 1.807) is 36.3 Å². The van der Waals surface area contributed by atoms with Crippen LogP contribution in [0.3, 0.4) is 0 Å². The SMILES string of the molecule is COCCN(CC(=O)N(Cc1cccn1Cc1ccc(Br)cc1)C1CCCCC1)C(=O)c1cccc(Cl)c1. The number of methoxy groups -OCH3 is 1. The van der Waals surface area contributed by atoms with Crippen molar-refractivity contribution in [3.63, 3.8) is 0 Å². The summed E-state index contributed by atoms with van der Waals surface area (Å²) in [6, 6.07) is 19.4. The molecule has 1 aromatic heterocycles. The lowest BCUT2D eigenvalue weighted by atomic mass is 9.94. The van der Waals surface area contributed by atoms with Gasteiger partial charge in [0.1, 0.15) is 6.54 Å². The van der Waals surface area contributed by atoms with E-state index in [2.05, 4.69) is 44.9 Å². The normalized spacial score (nSPS) is 13.9. The number of carbonyl (C=O) groups is 2. The molecule has 0 bridgehead atoms. The van der Waals surface area contributed by atoms with E-state index in [1.165, 1.54) is 12.0 Å². The average Bonchev–Trinajstić information content (AvgIpc) is 3.37. The quantitative estimate of drug-likeness (QED) is 0.256. The topological polar surface area (TPSA) is 54.8 Å². The summed E-state index contributed by atoms with van der Waals surface area (Å²) in [5.41, 5.74) is 2.74. The van der Waals surface area contributed by atoms with Gasteiger partial charge < -0.3 is 19.1 Å². The maximum absolute atomic E-state index is 13.9. The summed E-state index contributed by atoms with van der Waals surface area (Å²) in [5.74, 6) is -0.264. The molecule has 1 heterocycles. The highest BCUT2D eigenvalue weighted by molar-refractivity contribution is 9.10. The standard InChI is InChI=1S/C30H35BrClN3O3/c1-38-18-17-34(30(37)24-7-5-8-26(32)19-24)22-29(36)35(27-9-3-2-4-10-27)21-28-11-6-16-33(28)20-23-12-14-25(31)15-13-23/h5-8,11-16,19,27H,2-4,9-10,17-18,20-22H2,1H3. The van der Waals surface area contributed by atoms with Crippen LogP contribution < -0.4 is 0 Å². The fourth-order valence-electron chi connectivity index (χ4n) is 5.03. The molecule has 1 aliphatic rings. The van der Waals surface area contributed by atoms with Crippen LogP contribution in [0.4, 0.5) is 0 Å². The second kappa shape index (κ2) is 14.0. The smallest absolute Gasteiger partial charge is 0.254 e. The first kappa shape index (κ1) is 28.4. The van der Waals surface area contributed by atoms with Crippen molar-refractivity contribution in [3.05, 3.63) is 93.2 Å². The highest BCUT2D eigenvalue weighted by atomic mass is 79.9. The van der Waals surface area contributed by atoms with Crippen LogP contribution in [0.2, 0.25) is 5.02 Å². The summed E-state index contributed by atoms with van der Waals surface area (Å²) in [4.78, 5) is 30.8. The van der Waals surface area contributed by atoms with E-state index in [9.17, 15) is 9.59 Å². The van der Waals surface area contributed by atoms with Crippen LogP contribution in [0.1, 0.15) is 53.7 Å². The number of amides is 2. The van der Waals surface area contributed by atoms with Gasteiger partial charge in [0.25, 0.3) is 5.91 Å². The lowest BCUT2D eigenvalue weighted by Crippen LogP contribution is -2.48. The van der Waals surface area contributed by atoms with Crippen molar-refractivity contribution >= 4 is 39.3 Å². The van der Waals surface area contributed by atoms with E-state index < -0.39 is 0 Å². The summed E-state index contributed by atoms with van der Waals surface area (Å²) in [7, 11) is 1.60. The molecule has 2 aromatic carbocycles. The molecule has 0 unspecified atom stereocenters. The number of carbonyl (C=O) groups excluding carboxylic acids is 2. The number of aromatic nitrogens is 1. The molecule has 8 heteroatoms. The van der Waals surface area contributed by atoms with Gasteiger partial charge in [0.15, 0.2) is 0 Å². The van der Waals surface area contributed by atoms with E-state index in [0.29, 0.717) is 30.3 Å². The van der Waals surface area contributed by atoms with Gasteiger partial charge in [0.2, 0.25) is 5.91 Å². The Hall–Kier alpha value is -2.61. The van der Waals surface area contributed by atoms with E-state index in [0.717, 1.165) is 42.4 Å². The Bertz CT molecular complexity index is 1210. The summed E-state index contributed by atoms with van der Waals surface area (Å²) < 4.78 is 8.50. The van der Waals surface area contributed by atoms with Crippen molar-refractivity contribution in [1.82, 2.24) is 14.4 Å². The summed E-state index contributed by atoms with van der Waals surface area (Å²) >= 11 is 9.64. The first-order valence-corrected chi connectivity index (χ1v) is 14.3. The number of benzene rings is 2. The predicted molar refractivity (Wildman–Crippen MR) is 154 cm³/mol. The third kappa shape index (κ3) is 7.71. The van der Waals surface area contributed by atoms with Crippen molar-refractivity contribution in [3.8, 4) is 0 Å². The zero-order chi connectivity index (χ0) is 26.9. The maximum Gasteiger partial charge on any atom is 0.254 e. The van der Waals surface area contributed by atoms with Gasteiger partial charge in [-0.05, 0) is 60.9 Å². The van der Waals surface area contributed by atoms with Crippen LogP contribution in [0.25, 0.3) is 0 Å². The van der Waals surface area contributed by atoms with E-state index in [-0.39, 0.29) is 24.4 Å². The van der Waals surface area contributed by atoms with Crippen molar-refractivity contribution in [2.45, 2.75) is 51.2 Å². The third-order valence-corrected chi connectivity index (χ3v) is 7.87. The number of nitrogens with zero attached hydrogens (tertiary/aromatic N) is 3. The molecular weight excluding hydrogens is 566 g/mol. The molecule has 1 fully saturated rings. The first-order valence-electron chi connectivity index (χ1n) is 13.2. The number of hydrogen-bond acceptors (Lipinski definition) is 3. The Morgan fingerprint density at radius 1 is 1.05 bits per heavy atom. The Labute approximate surface area is 238 Å². The largest absolute Gasteiger partial charge is 0.383 e. The molecule has 6 nitrogen and oxygen atoms in total. The Balaban J connectivity index is 1.54. The molecule has 0 saturated heterocycles. The van der Waals surface area contributed by atoms with Crippen LogP contribution in [0, 0.1) is 0 Å². The van der Waals surface area contributed by atoms with E-state index in [4.69, 9.17) is 16.3 Å². The lowest BCUT2D eigenvalue weighted by molar-refractivity contribution is -0.135. The van der Waals surface area contributed by atoms with Crippen LogP contribution in [-0.2, 0) is 22.6 Å². The lowest BCUT2D eigenvalue weighted by Gasteiger charge is -2.36. The van der Waals surface area contributed by atoms with Gasteiger partial charge in [0.05, 0.1) is 13.2 Å². The molecule has 2 amide bonds. The third-order valence-electron chi connectivity index (χ3n) is 7.11. The maximum atomic E-state index is 13.9. The Kier molecular flexibility index (Phi) is 10.4. The van der Waals surface area contributed by atoms with Gasteiger partial charge >= 0.3 is 0 Å². The van der Waals surface area contributed by atoms with Crippen LogP contribution in [-0.4, -0.2) is 59.0 Å². The minimum absolute atomic E-state index is 0.00136. The fourth-order valence-corrected chi connectivity index (χ4v) is 5.49. The Morgan fingerprint density at radius 2 is 1.82 bits per heavy atom. The molecule has 0 atom stereocenters. The molecule has 1 aliphatic carbocycles. The highest BCUT2D eigenvalue weighted by Gasteiger charge is 2.29. The summed E-state index contributed by atoms with van der Waals surface area (Å²) in [6.07, 6.45) is 7.46. The number of rotatable bonds is 11. The fraction of sp³-hybridized carbons (Fsp3) is 0.400. The zero-order valence-corrected chi connectivity index (χ0v) is 24.2. The number of halogens is 2. The second-order valence-corrected chi connectivity index (χ2v) is 11.1. The molecule has 38 heavy (non-hydrogen) atoms. The minimum Gasteiger partial charge on any atom is -0.383 e. The molecule has 1 saturated carbocycles. The molecule has 0 aliphatic heterocycles. The van der Waals surface area contributed by atoms with Crippen molar-refractivity contribution in [2.75, 3.05) is 26.8 Å².